The number of rotatable bonds is 1. The molecule has 1 N–H and O–H groups in total. The van der Waals surface area contributed by atoms with E-state index >= 15 is 0 Å². The van der Waals surface area contributed by atoms with Gasteiger partial charge >= 0.3 is 5.97 Å². The van der Waals surface area contributed by atoms with Crippen LogP contribution in [0.4, 0.5) is 0 Å². The third kappa shape index (κ3) is 5.67. The number of hydrogen-bond donors (Lipinski definition) is 1. The molecule has 12 heavy (non-hydrogen) atoms. The lowest BCUT2D eigenvalue weighted by atomic mass is 10.5. The van der Waals surface area contributed by atoms with Crippen LogP contribution in [-0.2, 0) is 4.79 Å². The molecule has 0 fully saturated rings. The zero-order valence-corrected chi connectivity index (χ0v) is 7.87. The second kappa shape index (κ2) is 5.54. The predicted molar refractivity (Wildman–Crippen MR) is 45.3 cm³/mol. The molecule has 5 heteroatoms. The van der Waals surface area contributed by atoms with Gasteiger partial charge < -0.3 is 9.52 Å². The number of furan rings is 1. The molecule has 0 bridgehead atoms. The summed E-state index contributed by atoms with van der Waals surface area (Å²) in [6, 6.07) is 2.92. The highest BCUT2D eigenvalue weighted by Gasteiger charge is 2.01. The van der Waals surface area contributed by atoms with Gasteiger partial charge in [-0.1, -0.05) is 0 Å². The largest absolute Gasteiger partial charge is 0.475 e. The first-order valence-electron chi connectivity index (χ1n) is 2.97. The number of carbonyl (C=O) groups is 2. The molecule has 1 rings (SSSR count). The standard InChI is InChI=1S/C5H4O3.C2H3BrO/c6-5(7)4-2-1-3-8-4;1-2(3)4/h1-3H,(H,6,7);1H3. The van der Waals surface area contributed by atoms with Gasteiger partial charge in [0.15, 0.2) is 4.69 Å². The summed E-state index contributed by atoms with van der Waals surface area (Å²) >= 11 is 2.63. The normalized spacial score (nSPS) is 8.17. The van der Waals surface area contributed by atoms with Crippen molar-refractivity contribution in [2.45, 2.75) is 6.92 Å². The van der Waals surface area contributed by atoms with Gasteiger partial charge in [0.05, 0.1) is 6.26 Å². The first-order valence-corrected chi connectivity index (χ1v) is 3.76. The van der Waals surface area contributed by atoms with Gasteiger partial charge in [0.2, 0.25) is 5.76 Å². The number of halogens is 1. The van der Waals surface area contributed by atoms with Crippen molar-refractivity contribution in [3.05, 3.63) is 24.2 Å². The van der Waals surface area contributed by atoms with E-state index in [1.54, 1.807) is 0 Å². The summed E-state index contributed by atoms with van der Waals surface area (Å²) in [5.74, 6) is -1.06. The lowest BCUT2D eigenvalue weighted by molar-refractivity contribution is -0.108. The van der Waals surface area contributed by atoms with E-state index in [9.17, 15) is 9.59 Å². The Morgan fingerprint density at radius 1 is 1.58 bits per heavy atom. The van der Waals surface area contributed by atoms with E-state index in [0.29, 0.717) is 0 Å². The molecule has 0 saturated carbocycles. The van der Waals surface area contributed by atoms with Crippen LogP contribution >= 0.6 is 15.9 Å². The third-order valence-electron chi connectivity index (χ3n) is 0.732. The van der Waals surface area contributed by atoms with Gasteiger partial charge in [-0.25, -0.2) is 4.79 Å². The fraction of sp³-hybridized carbons (Fsp3) is 0.143. The van der Waals surface area contributed by atoms with Crippen molar-refractivity contribution in [1.29, 1.82) is 0 Å². The quantitative estimate of drug-likeness (QED) is 0.755. The van der Waals surface area contributed by atoms with Gasteiger partial charge in [0, 0.05) is 6.92 Å². The van der Waals surface area contributed by atoms with Crippen molar-refractivity contribution in [2.24, 2.45) is 0 Å². The van der Waals surface area contributed by atoms with Crippen molar-refractivity contribution >= 4 is 26.6 Å². The van der Waals surface area contributed by atoms with E-state index in [2.05, 4.69) is 20.3 Å². The molecule has 1 heterocycles. The van der Waals surface area contributed by atoms with Crippen LogP contribution in [0.5, 0.6) is 0 Å². The van der Waals surface area contributed by atoms with Crippen LogP contribution in [0.15, 0.2) is 22.8 Å². The average Bonchev–Trinajstić information content (AvgIpc) is 2.34. The van der Waals surface area contributed by atoms with Crippen molar-refractivity contribution in [2.75, 3.05) is 0 Å². The molecule has 0 unspecified atom stereocenters. The summed E-state index contributed by atoms with van der Waals surface area (Å²) in [6.45, 7) is 1.44. The second-order valence-corrected chi connectivity index (χ2v) is 2.87. The molecule has 0 amide bonds. The molecule has 0 aromatic carbocycles. The van der Waals surface area contributed by atoms with Crippen LogP contribution in [0.25, 0.3) is 0 Å². The van der Waals surface area contributed by atoms with E-state index in [0.717, 1.165) is 0 Å². The number of aromatic carboxylic acids is 1. The molecule has 4 nitrogen and oxygen atoms in total. The van der Waals surface area contributed by atoms with Crippen molar-refractivity contribution in [1.82, 2.24) is 0 Å². The van der Waals surface area contributed by atoms with Crippen LogP contribution in [0.3, 0.4) is 0 Å². The molecule has 0 saturated heterocycles. The SMILES string of the molecule is CC(=O)Br.O=C(O)c1ccco1. The third-order valence-corrected chi connectivity index (χ3v) is 0.732. The molecule has 0 radical (unpaired) electrons. The van der Waals surface area contributed by atoms with Gasteiger partial charge in [-0.2, -0.15) is 0 Å². The highest BCUT2D eigenvalue weighted by Crippen LogP contribution is 1.97. The highest BCUT2D eigenvalue weighted by atomic mass is 79.9. The van der Waals surface area contributed by atoms with Crippen molar-refractivity contribution < 1.29 is 19.1 Å². The zero-order valence-electron chi connectivity index (χ0n) is 6.28. The van der Waals surface area contributed by atoms with Gasteiger partial charge in [-0.15, -0.1) is 0 Å². The molecular formula is C7H7BrO4. The van der Waals surface area contributed by atoms with Gasteiger partial charge in [-0.05, 0) is 28.1 Å². The summed E-state index contributed by atoms with van der Waals surface area (Å²) in [5, 5.41) is 8.18. The summed E-state index contributed by atoms with van der Waals surface area (Å²) in [4.78, 5) is 19.3. The van der Waals surface area contributed by atoms with Crippen molar-refractivity contribution in [3.63, 3.8) is 0 Å². The number of carboxylic acid groups (broad SMARTS) is 1. The van der Waals surface area contributed by atoms with Crippen LogP contribution in [-0.4, -0.2) is 15.8 Å². The van der Waals surface area contributed by atoms with Gasteiger partial charge in [0.25, 0.3) is 0 Å². The predicted octanol–water partition coefficient (Wildman–Crippen LogP) is 1.91. The van der Waals surface area contributed by atoms with E-state index in [1.807, 2.05) is 0 Å². The van der Waals surface area contributed by atoms with E-state index < -0.39 is 5.97 Å². The Hall–Kier alpha value is -1.10. The number of hydrogen-bond acceptors (Lipinski definition) is 3. The topological polar surface area (TPSA) is 67.5 Å². The average molecular weight is 235 g/mol. The monoisotopic (exact) mass is 234 g/mol. The summed E-state index contributed by atoms with van der Waals surface area (Å²) in [5.41, 5.74) is 0. The Kier molecular flexibility index (Phi) is 5.03. The Labute approximate surface area is 77.3 Å². The number of carboxylic acids is 1. The first-order chi connectivity index (χ1) is 5.54. The van der Waals surface area contributed by atoms with E-state index in [-0.39, 0.29) is 10.5 Å². The minimum Gasteiger partial charge on any atom is -0.475 e. The Bertz CT molecular complexity index is 248. The molecule has 0 aliphatic rings. The Morgan fingerprint density at radius 3 is 2.25 bits per heavy atom. The minimum atomic E-state index is -1.03. The molecule has 0 atom stereocenters. The maximum atomic E-state index is 9.97. The summed E-state index contributed by atoms with van der Waals surface area (Å²) < 4.78 is 4.47. The molecule has 0 spiro atoms. The molecule has 1 aromatic rings. The Balaban J connectivity index is 0.000000261. The fourth-order valence-electron chi connectivity index (χ4n) is 0.400. The molecular weight excluding hydrogens is 228 g/mol. The zero-order chi connectivity index (χ0) is 9.56. The second-order valence-electron chi connectivity index (χ2n) is 1.75. The van der Waals surface area contributed by atoms with Crippen LogP contribution < -0.4 is 0 Å². The lowest BCUT2D eigenvalue weighted by Gasteiger charge is -1.79. The highest BCUT2D eigenvalue weighted by molar-refractivity contribution is 9.18. The molecule has 1 aromatic heterocycles. The minimum absolute atomic E-state index is 0.0208. The maximum Gasteiger partial charge on any atom is 0.371 e. The fourth-order valence-corrected chi connectivity index (χ4v) is 0.400. The summed E-state index contributed by atoms with van der Waals surface area (Å²) in [7, 11) is 0. The molecule has 0 aliphatic heterocycles. The molecule has 66 valence electrons. The van der Waals surface area contributed by atoms with Crippen LogP contribution in [0.2, 0.25) is 0 Å². The lowest BCUT2D eigenvalue weighted by Crippen LogP contribution is -1.90. The molecule has 0 aliphatic carbocycles. The Morgan fingerprint density at radius 2 is 2.08 bits per heavy atom. The van der Waals surface area contributed by atoms with Crippen LogP contribution in [0, 0.1) is 0 Å². The summed E-state index contributed by atoms with van der Waals surface area (Å²) in [6.07, 6.45) is 1.32. The van der Waals surface area contributed by atoms with Crippen molar-refractivity contribution in [3.8, 4) is 0 Å². The number of carbonyl (C=O) groups excluding carboxylic acids is 1. The maximum absolute atomic E-state index is 9.97. The van der Waals surface area contributed by atoms with Gasteiger partial charge in [0.1, 0.15) is 0 Å². The smallest absolute Gasteiger partial charge is 0.371 e. The van der Waals surface area contributed by atoms with Crippen LogP contribution in [0.1, 0.15) is 17.5 Å². The first kappa shape index (κ1) is 10.9. The van der Waals surface area contributed by atoms with E-state index in [4.69, 9.17) is 5.11 Å². The van der Waals surface area contributed by atoms with Gasteiger partial charge in [-0.3, -0.25) is 4.79 Å². The van der Waals surface area contributed by atoms with E-state index in [1.165, 1.54) is 25.3 Å².